The zero-order chi connectivity index (χ0) is 14.2. The molecule has 0 unspecified atom stereocenters. The lowest BCUT2D eigenvalue weighted by molar-refractivity contribution is 0.282. The van der Waals surface area contributed by atoms with Gasteiger partial charge in [0.05, 0.1) is 6.61 Å². The molecular formula is C19H24O. The standard InChI is InChI=1S/C19H24O/c1-2-3-4-5-6-16-7-11-18(12-8-16)19-13-9-17(15-20)10-14-19/h7-14,20H,2-6,15H2,1H3. The van der Waals surface area contributed by atoms with Gasteiger partial charge in [0.25, 0.3) is 0 Å². The molecule has 0 radical (unpaired) electrons. The lowest BCUT2D eigenvalue weighted by atomic mass is 10.0. The van der Waals surface area contributed by atoms with Gasteiger partial charge in [0.2, 0.25) is 0 Å². The van der Waals surface area contributed by atoms with Crippen molar-refractivity contribution in [3.8, 4) is 11.1 Å². The van der Waals surface area contributed by atoms with Gasteiger partial charge >= 0.3 is 0 Å². The molecule has 0 amide bonds. The van der Waals surface area contributed by atoms with Crippen molar-refractivity contribution in [2.24, 2.45) is 0 Å². The van der Waals surface area contributed by atoms with E-state index in [2.05, 4.69) is 43.3 Å². The summed E-state index contributed by atoms with van der Waals surface area (Å²) in [6.45, 7) is 2.35. The molecule has 0 aromatic heterocycles. The number of benzene rings is 2. The molecule has 0 fully saturated rings. The Balaban J connectivity index is 1.96. The normalized spacial score (nSPS) is 10.7. The fraction of sp³-hybridized carbons (Fsp3) is 0.368. The highest BCUT2D eigenvalue weighted by atomic mass is 16.3. The smallest absolute Gasteiger partial charge is 0.0681 e. The van der Waals surface area contributed by atoms with Crippen LogP contribution >= 0.6 is 0 Å². The van der Waals surface area contributed by atoms with Crippen LogP contribution in [0.5, 0.6) is 0 Å². The predicted molar refractivity (Wildman–Crippen MR) is 85.6 cm³/mol. The van der Waals surface area contributed by atoms with Gasteiger partial charge in [-0.2, -0.15) is 0 Å². The van der Waals surface area contributed by atoms with Crippen LogP contribution in [0.2, 0.25) is 0 Å². The van der Waals surface area contributed by atoms with Crippen molar-refractivity contribution in [1.29, 1.82) is 0 Å². The molecule has 106 valence electrons. The summed E-state index contributed by atoms with van der Waals surface area (Å²) in [7, 11) is 0. The average Bonchev–Trinajstić information content (AvgIpc) is 2.52. The Morgan fingerprint density at radius 2 is 1.25 bits per heavy atom. The van der Waals surface area contributed by atoms with Crippen LogP contribution in [-0.4, -0.2) is 5.11 Å². The molecule has 2 aromatic carbocycles. The van der Waals surface area contributed by atoms with Gasteiger partial charge < -0.3 is 5.11 Å². The van der Waals surface area contributed by atoms with E-state index in [1.165, 1.54) is 48.8 Å². The number of aryl methyl sites for hydroxylation is 1. The van der Waals surface area contributed by atoms with Gasteiger partial charge in [0.1, 0.15) is 0 Å². The molecule has 1 N–H and O–H groups in total. The highest BCUT2D eigenvalue weighted by molar-refractivity contribution is 5.63. The van der Waals surface area contributed by atoms with E-state index < -0.39 is 0 Å². The fourth-order valence-corrected chi connectivity index (χ4v) is 2.42. The van der Waals surface area contributed by atoms with Crippen LogP contribution in [-0.2, 0) is 13.0 Å². The van der Waals surface area contributed by atoms with Crippen molar-refractivity contribution >= 4 is 0 Å². The molecule has 0 saturated carbocycles. The molecule has 20 heavy (non-hydrogen) atoms. The molecular weight excluding hydrogens is 244 g/mol. The van der Waals surface area contributed by atoms with Crippen molar-refractivity contribution in [3.63, 3.8) is 0 Å². The van der Waals surface area contributed by atoms with E-state index in [0.717, 1.165) is 5.56 Å². The molecule has 0 heterocycles. The first kappa shape index (κ1) is 14.8. The van der Waals surface area contributed by atoms with E-state index >= 15 is 0 Å². The Kier molecular flexibility index (Phi) is 5.82. The monoisotopic (exact) mass is 268 g/mol. The first-order chi connectivity index (χ1) is 9.83. The van der Waals surface area contributed by atoms with Gasteiger partial charge in [0, 0.05) is 0 Å². The minimum atomic E-state index is 0.108. The lowest BCUT2D eigenvalue weighted by Crippen LogP contribution is -1.87. The molecule has 0 aliphatic heterocycles. The Bertz CT molecular complexity index is 496. The van der Waals surface area contributed by atoms with E-state index in [1.807, 2.05) is 12.1 Å². The van der Waals surface area contributed by atoms with E-state index in [-0.39, 0.29) is 6.61 Å². The highest BCUT2D eigenvalue weighted by Crippen LogP contribution is 2.21. The molecule has 0 aliphatic carbocycles. The van der Waals surface area contributed by atoms with Crippen LogP contribution in [0.15, 0.2) is 48.5 Å². The van der Waals surface area contributed by atoms with E-state index in [1.54, 1.807) is 0 Å². The van der Waals surface area contributed by atoms with Crippen molar-refractivity contribution in [1.82, 2.24) is 0 Å². The summed E-state index contributed by atoms with van der Waals surface area (Å²) in [6.07, 6.45) is 6.45. The van der Waals surface area contributed by atoms with E-state index in [0.29, 0.717) is 0 Å². The second kappa shape index (κ2) is 7.86. The minimum Gasteiger partial charge on any atom is -0.392 e. The molecule has 0 saturated heterocycles. The third kappa shape index (κ3) is 4.21. The molecule has 2 aromatic rings. The van der Waals surface area contributed by atoms with Gasteiger partial charge in [0.15, 0.2) is 0 Å². The summed E-state index contributed by atoms with van der Waals surface area (Å²) in [4.78, 5) is 0. The molecule has 0 spiro atoms. The van der Waals surface area contributed by atoms with Gasteiger partial charge in [-0.1, -0.05) is 74.7 Å². The average molecular weight is 268 g/mol. The van der Waals surface area contributed by atoms with Gasteiger partial charge in [-0.25, -0.2) is 0 Å². The zero-order valence-electron chi connectivity index (χ0n) is 12.3. The molecule has 2 rings (SSSR count). The summed E-state index contributed by atoms with van der Waals surface area (Å²) in [6, 6.07) is 17.0. The second-order valence-corrected chi connectivity index (χ2v) is 5.36. The van der Waals surface area contributed by atoms with Crippen molar-refractivity contribution < 1.29 is 5.11 Å². The predicted octanol–water partition coefficient (Wildman–Crippen LogP) is 4.97. The first-order valence-electron chi connectivity index (χ1n) is 7.62. The fourth-order valence-electron chi connectivity index (χ4n) is 2.42. The summed E-state index contributed by atoms with van der Waals surface area (Å²) in [5, 5.41) is 9.06. The number of hydrogen-bond acceptors (Lipinski definition) is 1. The second-order valence-electron chi connectivity index (χ2n) is 5.36. The minimum absolute atomic E-state index is 0.108. The van der Waals surface area contributed by atoms with E-state index in [9.17, 15) is 0 Å². The maximum absolute atomic E-state index is 9.06. The number of aliphatic hydroxyl groups excluding tert-OH is 1. The maximum atomic E-state index is 9.06. The SMILES string of the molecule is CCCCCCc1ccc(-c2ccc(CO)cc2)cc1. The third-order valence-corrected chi connectivity index (χ3v) is 3.74. The first-order valence-corrected chi connectivity index (χ1v) is 7.62. The lowest BCUT2D eigenvalue weighted by Gasteiger charge is -2.05. The topological polar surface area (TPSA) is 20.2 Å². The Morgan fingerprint density at radius 3 is 1.75 bits per heavy atom. The van der Waals surface area contributed by atoms with Crippen LogP contribution < -0.4 is 0 Å². The Labute approximate surface area is 122 Å². The molecule has 0 bridgehead atoms. The third-order valence-electron chi connectivity index (χ3n) is 3.74. The largest absolute Gasteiger partial charge is 0.392 e. The Hall–Kier alpha value is -1.60. The van der Waals surface area contributed by atoms with Crippen molar-refractivity contribution in [2.75, 3.05) is 0 Å². The molecule has 1 nitrogen and oxygen atoms in total. The molecule has 0 aliphatic rings. The quantitative estimate of drug-likeness (QED) is 0.703. The summed E-state index contributed by atoms with van der Waals surface area (Å²) < 4.78 is 0. The van der Waals surface area contributed by atoms with Crippen LogP contribution in [0.4, 0.5) is 0 Å². The number of aliphatic hydroxyl groups is 1. The van der Waals surface area contributed by atoms with Gasteiger partial charge in [-0.15, -0.1) is 0 Å². The Morgan fingerprint density at radius 1 is 0.700 bits per heavy atom. The summed E-state index contributed by atoms with van der Waals surface area (Å²) in [5.41, 5.74) is 4.84. The van der Waals surface area contributed by atoms with Gasteiger partial charge in [-0.05, 0) is 35.1 Å². The van der Waals surface area contributed by atoms with Crippen molar-refractivity contribution in [3.05, 3.63) is 59.7 Å². The molecule has 1 heteroatoms. The highest BCUT2D eigenvalue weighted by Gasteiger charge is 1.99. The summed E-state index contributed by atoms with van der Waals surface area (Å²) in [5.74, 6) is 0. The number of rotatable bonds is 7. The van der Waals surface area contributed by atoms with Crippen LogP contribution in [0.3, 0.4) is 0 Å². The van der Waals surface area contributed by atoms with Crippen LogP contribution in [0.1, 0.15) is 43.7 Å². The number of hydrogen-bond donors (Lipinski definition) is 1. The zero-order valence-corrected chi connectivity index (χ0v) is 12.3. The van der Waals surface area contributed by atoms with Crippen LogP contribution in [0.25, 0.3) is 11.1 Å². The van der Waals surface area contributed by atoms with Crippen LogP contribution in [0, 0.1) is 0 Å². The maximum Gasteiger partial charge on any atom is 0.0681 e. The van der Waals surface area contributed by atoms with Crippen molar-refractivity contribution in [2.45, 2.75) is 45.6 Å². The van der Waals surface area contributed by atoms with Gasteiger partial charge in [-0.3, -0.25) is 0 Å². The summed E-state index contributed by atoms with van der Waals surface area (Å²) >= 11 is 0. The number of unbranched alkanes of at least 4 members (excludes halogenated alkanes) is 3. The molecule has 0 atom stereocenters. The van der Waals surface area contributed by atoms with E-state index in [4.69, 9.17) is 5.11 Å².